The Hall–Kier alpha value is -2.29. The molecule has 0 fully saturated rings. The van der Waals surface area contributed by atoms with Crippen molar-refractivity contribution < 1.29 is 4.79 Å². The van der Waals surface area contributed by atoms with E-state index < -0.39 is 0 Å². The first-order chi connectivity index (χ1) is 11.9. The summed E-state index contributed by atoms with van der Waals surface area (Å²) in [4.78, 5) is 14.2. The molecule has 0 aliphatic carbocycles. The summed E-state index contributed by atoms with van der Waals surface area (Å²) in [5.74, 6) is 0.393. The zero-order valence-electron chi connectivity index (χ0n) is 16.0. The Bertz CT molecular complexity index is 698. The number of carbonyl (C=O) groups is 1. The number of nitrogens with one attached hydrogen (secondary N) is 1. The number of anilines is 1. The minimum atomic E-state index is 0.104. The maximum absolute atomic E-state index is 12.3. The third-order valence-corrected chi connectivity index (χ3v) is 4.82. The summed E-state index contributed by atoms with van der Waals surface area (Å²) in [6, 6.07) is 8.50. The highest BCUT2D eigenvalue weighted by Crippen LogP contribution is 2.42. The highest BCUT2D eigenvalue weighted by molar-refractivity contribution is 5.93. The summed E-state index contributed by atoms with van der Waals surface area (Å²) in [7, 11) is 0. The molecular formula is C22H30N2O. The maximum Gasteiger partial charge on any atom is 0.224 e. The van der Waals surface area contributed by atoms with E-state index in [1.54, 1.807) is 6.92 Å². The third kappa shape index (κ3) is 4.22. The van der Waals surface area contributed by atoms with E-state index in [1.165, 1.54) is 5.57 Å². The van der Waals surface area contributed by atoms with Crippen molar-refractivity contribution in [2.75, 3.05) is 4.90 Å². The summed E-state index contributed by atoms with van der Waals surface area (Å²) in [6.45, 7) is 14.3. The van der Waals surface area contributed by atoms with E-state index in [9.17, 15) is 4.79 Å². The number of allylic oxidation sites excluding steroid dienone is 4. The van der Waals surface area contributed by atoms with Gasteiger partial charge in [-0.1, -0.05) is 56.4 Å². The number of hydrogen-bond donors (Lipinski definition) is 1. The SMILES string of the molecule is C=C(/C=C\C=C(C)C)NC1c2ccccc2N(C(C)=O)C(CC)[C@H]1C. The molecule has 0 saturated carbocycles. The van der Waals surface area contributed by atoms with Crippen LogP contribution in [0, 0.1) is 5.92 Å². The highest BCUT2D eigenvalue weighted by Gasteiger charge is 2.39. The first-order valence-corrected chi connectivity index (χ1v) is 9.02. The van der Waals surface area contributed by atoms with Crippen LogP contribution < -0.4 is 10.2 Å². The molecule has 3 atom stereocenters. The lowest BCUT2D eigenvalue weighted by molar-refractivity contribution is -0.117. The molecule has 1 aliphatic rings. The van der Waals surface area contributed by atoms with Gasteiger partial charge in [0.05, 0.1) is 6.04 Å². The number of para-hydroxylation sites is 1. The smallest absolute Gasteiger partial charge is 0.224 e. The van der Waals surface area contributed by atoms with Gasteiger partial charge < -0.3 is 10.2 Å². The second-order valence-electron chi connectivity index (χ2n) is 7.03. The molecule has 2 unspecified atom stereocenters. The van der Waals surface area contributed by atoms with Crippen molar-refractivity contribution in [3.63, 3.8) is 0 Å². The minimum absolute atomic E-state index is 0.104. The number of fused-ring (bicyclic) bond motifs is 1. The molecule has 1 N–H and O–H groups in total. The Morgan fingerprint density at radius 2 is 1.96 bits per heavy atom. The van der Waals surface area contributed by atoms with Gasteiger partial charge in [-0.3, -0.25) is 4.79 Å². The largest absolute Gasteiger partial charge is 0.378 e. The van der Waals surface area contributed by atoms with Gasteiger partial charge in [0, 0.05) is 30.3 Å². The van der Waals surface area contributed by atoms with E-state index in [4.69, 9.17) is 0 Å². The van der Waals surface area contributed by atoms with Crippen LogP contribution in [0.5, 0.6) is 0 Å². The van der Waals surface area contributed by atoms with Crippen molar-refractivity contribution >= 4 is 11.6 Å². The summed E-state index contributed by atoms with van der Waals surface area (Å²) in [6.07, 6.45) is 7.01. The summed E-state index contributed by atoms with van der Waals surface area (Å²) in [5.41, 5.74) is 4.31. The van der Waals surface area contributed by atoms with Crippen LogP contribution in [0.3, 0.4) is 0 Å². The van der Waals surface area contributed by atoms with Crippen LogP contribution >= 0.6 is 0 Å². The fourth-order valence-corrected chi connectivity index (χ4v) is 3.66. The average Bonchev–Trinajstić information content (AvgIpc) is 2.56. The van der Waals surface area contributed by atoms with Crippen molar-refractivity contribution in [2.24, 2.45) is 5.92 Å². The first kappa shape index (κ1) is 19.0. The first-order valence-electron chi connectivity index (χ1n) is 9.02. The Morgan fingerprint density at radius 1 is 1.28 bits per heavy atom. The van der Waals surface area contributed by atoms with Crippen molar-refractivity contribution in [3.05, 3.63) is 65.9 Å². The van der Waals surface area contributed by atoms with E-state index in [0.29, 0.717) is 0 Å². The normalized spacial score (nSPS) is 22.4. The lowest BCUT2D eigenvalue weighted by Gasteiger charge is -2.45. The zero-order chi connectivity index (χ0) is 18.6. The monoisotopic (exact) mass is 338 g/mol. The predicted molar refractivity (Wildman–Crippen MR) is 106 cm³/mol. The molecule has 2 rings (SSSR count). The van der Waals surface area contributed by atoms with Crippen LogP contribution in [-0.2, 0) is 4.79 Å². The van der Waals surface area contributed by atoms with Crippen molar-refractivity contribution in [2.45, 2.75) is 53.1 Å². The molecule has 0 bridgehead atoms. The average molecular weight is 338 g/mol. The molecule has 134 valence electrons. The number of hydrogen-bond acceptors (Lipinski definition) is 2. The standard InChI is InChI=1S/C22H30N2O/c1-7-20-17(5)22(23-16(4)12-10-11-15(2)3)19-13-8-9-14-21(19)24(20)18(6)25/h8-14,17,20,22-23H,4,7H2,1-3,5-6H3/b12-10-/t17-,20?,22?/m1/s1. The van der Waals surface area contributed by atoms with Crippen molar-refractivity contribution in [1.29, 1.82) is 0 Å². The van der Waals surface area contributed by atoms with Gasteiger partial charge >= 0.3 is 0 Å². The van der Waals surface area contributed by atoms with Crippen LogP contribution in [0.1, 0.15) is 52.6 Å². The summed E-state index contributed by atoms with van der Waals surface area (Å²) >= 11 is 0. The van der Waals surface area contributed by atoms with Gasteiger partial charge in [0.1, 0.15) is 0 Å². The number of benzene rings is 1. The van der Waals surface area contributed by atoms with Gasteiger partial charge in [0.15, 0.2) is 0 Å². The van der Waals surface area contributed by atoms with Gasteiger partial charge in [-0.25, -0.2) is 0 Å². The van der Waals surface area contributed by atoms with Gasteiger partial charge in [-0.2, -0.15) is 0 Å². The van der Waals surface area contributed by atoms with E-state index >= 15 is 0 Å². The Labute approximate surface area is 152 Å². The predicted octanol–water partition coefficient (Wildman–Crippen LogP) is 5.13. The van der Waals surface area contributed by atoms with Gasteiger partial charge in [0.2, 0.25) is 5.91 Å². The van der Waals surface area contributed by atoms with Crippen molar-refractivity contribution in [1.82, 2.24) is 5.32 Å². The molecular weight excluding hydrogens is 308 g/mol. The minimum Gasteiger partial charge on any atom is -0.378 e. The molecule has 1 heterocycles. The molecule has 0 saturated heterocycles. The van der Waals surface area contributed by atoms with Crippen molar-refractivity contribution in [3.8, 4) is 0 Å². The quantitative estimate of drug-likeness (QED) is 0.754. The number of nitrogens with zero attached hydrogens (tertiary/aromatic N) is 1. The third-order valence-electron chi connectivity index (χ3n) is 4.82. The van der Waals surface area contributed by atoms with Crippen LogP contribution in [0.25, 0.3) is 0 Å². The van der Waals surface area contributed by atoms with Gasteiger partial charge in [0.25, 0.3) is 0 Å². The number of rotatable bonds is 5. The van der Waals surface area contributed by atoms with E-state index in [1.807, 2.05) is 35.3 Å². The second-order valence-corrected chi connectivity index (χ2v) is 7.03. The fraction of sp³-hybridized carbons (Fsp3) is 0.409. The molecule has 1 amide bonds. The lowest BCUT2D eigenvalue weighted by Crippen LogP contribution is -2.50. The molecule has 0 aromatic heterocycles. The summed E-state index contributed by atoms with van der Waals surface area (Å²) < 4.78 is 0. The second kappa shape index (κ2) is 8.19. The molecule has 0 radical (unpaired) electrons. The van der Waals surface area contributed by atoms with Crippen LogP contribution in [0.15, 0.2) is 60.3 Å². The topological polar surface area (TPSA) is 32.3 Å². The molecule has 25 heavy (non-hydrogen) atoms. The summed E-state index contributed by atoms with van der Waals surface area (Å²) in [5, 5.41) is 3.57. The van der Waals surface area contributed by atoms with Gasteiger partial charge in [-0.05, 0) is 38.0 Å². The number of amides is 1. The molecule has 3 nitrogen and oxygen atoms in total. The van der Waals surface area contributed by atoms with E-state index in [-0.39, 0.29) is 23.9 Å². The number of carbonyl (C=O) groups excluding carboxylic acids is 1. The fourth-order valence-electron chi connectivity index (χ4n) is 3.66. The molecule has 1 aromatic carbocycles. The maximum atomic E-state index is 12.3. The Kier molecular flexibility index (Phi) is 6.24. The highest BCUT2D eigenvalue weighted by atomic mass is 16.2. The van der Waals surface area contributed by atoms with E-state index in [2.05, 4.69) is 51.7 Å². The Balaban J connectivity index is 2.35. The molecule has 1 aromatic rings. The lowest BCUT2D eigenvalue weighted by atomic mass is 9.81. The van der Waals surface area contributed by atoms with E-state index in [0.717, 1.165) is 23.4 Å². The Morgan fingerprint density at radius 3 is 2.56 bits per heavy atom. The van der Waals surface area contributed by atoms with Crippen LogP contribution in [0.2, 0.25) is 0 Å². The molecule has 1 aliphatic heterocycles. The van der Waals surface area contributed by atoms with Crippen LogP contribution in [0.4, 0.5) is 5.69 Å². The zero-order valence-corrected chi connectivity index (χ0v) is 16.0. The van der Waals surface area contributed by atoms with Gasteiger partial charge in [-0.15, -0.1) is 0 Å². The molecule has 0 spiro atoms. The van der Waals surface area contributed by atoms with Crippen LogP contribution in [-0.4, -0.2) is 11.9 Å². The molecule has 3 heteroatoms.